The van der Waals surface area contributed by atoms with Crippen LogP contribution in [0.1, 0.15) is 13.3 Å². The normalized spacial score (nSPS) is 16.1. The second-order valence-electron chi connectivity index (χ2n) is 6.94. The van der Waals surface area contributed by atoms with Gasteiger partial charge < -0.3 is 31.9 Å². The first kappa shape index (κ1) is 29.2. The van der Waals surface area contributed by atoms with Crippen LogP contribution in [0, 0.1) is 0 Å². The molecule has 0 aliphatic heterocycles. The van der Waals surface area contributed by atoms with Crippen LogP contribution in [0.3, 0.4) is 0 Å². The van der Waals surface area contributed by atoms with E-state index in [2.05, 4.69) is 89.3 Å². The minimum Gasteiger partial charge on any atom is -0.315 e. The lowest BCUT2D eigenvalue weighted by molar-refractivity contribution is 0.442. The zero-order chi connectivity index (χ0) is 21.0. The minimum atomic E-state index is 0.372. The van der Waals surface area contributed by atoms with Crippen LogP contribution in [-0.4, -0.2) is 100 Å². The van der Waals surface area contributed by atoms with E-state index in [0.29, 0.717) is 24.2 Å². The molecule has 4 atom stereocenters. The predicted molar refractivity (Wildman–Crippen MR) is 140 cm³/mol. The summed E-state index contributed by atoms with van der Waals surface area (Å²) in [4.78, 5) is 0. The van der Waals surface area contributed by atoms with Gasteiger partial charge >= 0.3 is 0 Å². The van der Waals surface area contributed by atoms with Crippen LogP contribution >= 0.6 is 50.5 Å². The lowest BCUT2D eigenvalue weighted by Crippen LogP contribution is -2.48. The fraction of sp³-hybridized carbons (Fsp3) is 1.00. The molecule has 0 heterocycles. The minimum absolute atomic E-state index is 0.372. The molecule has 6 N–H and O–H groups in total. The highest BCUT2D eigenvalue weighted by molar-refractivity contribution is 7.80. The number of thiol groups is 4. The zero-order valence-corrected chi connectivity index (χ0v) is 21.2. The Morgan fingerprint density at radius 1 is 0.607 bits per heavy atom. The smallest absolute Gasteiger partial charge is 0.0281 e. The highest BCUT2D eigenvalue weighted by Crippen LogP contribution is 1.93. The van der Waals surface area contributed by atoms with E-state index in [9.17, 15) is 0 Å². The molecule has 0 aromatic carbocycles. The lowest BCUT2D eigenvalue weighted by atomic mass is 10.2. The molecule has 0 aliphatic rings. The van der Waals surface area contributed by atoms with Crippen molar-refractivity contribution in [2.75, 3.05) is 75.9 Å². The predicted octanol–water partition coefficient (Wildman–Crippen LogP) is -0.243. The Morgan fingerprint density at radius 3 is 1.61 bits per heavy atom. The van der Waals surface area contributed by atoms with E-state index >= 15 is 0 Å². The van der Waals surface area contributed by atoms with Gasteiger partial charge in [-0.25, -0.2) is 0 Å². The molecule has 170 valence electrons. The third-order valence-corrected chi connectivity index (χ3v) is 6.35. The molecule has 0 saturated heterocycles. The number of rotatable bonds is 21. The van der Waals surface area contributed by atoms with Gasteiger partial charge in [-0.1, -0.05) is 6.92 Å². The van der Waals surface area contributed by atoms with E-state index in [1.165, 1.54) is 0 Å². The molecule has 0 bridgehead atoms. The largest absolute Gasteiger partial charge is 0.315 e. The summed E-state index contributed by atoms with van der Waals surface area (Å²) in [5.41, 5.74) is 0. The molecule has 0 saturated carbocycles. The van der Waals surface area contributed by atoms with Gasteiger partial charge in [-0.05, 0) is 33.1 Å². The SMILES string of the molecule is CCNC[C@@H](CS)NC[C@H](CS)NCCCNC[C@@H](CS)NC[C@H](CS)NC. The quantitative estimate of drug-likeness (QED) is 0.0840. The van der Waals surface area contributed by atoms with Gasteiger partial charge in [0.1, 0.15) is 0 Å². The molecule has 0 fully saturated rings. The maximum Gasteiger partial charge on any atom is 0.0281 e. The van der Waals surface area contributed by atoms with Crippen LogP contribution in [0.15, 0.2) is 0 Å². The number of hydrogen-bond donors (Lipinski definition) is 10. The first-order chi connectivity index (χ1) is 13.6. The number of hydrogen-bond acceptors (Lipinski definition) is 10. The third-order valence-electron chi connectivity index (χ3n) is 4.59. The standard InChI is InChI=1S/C18H44N6S4/c1-3-20-7-16(12-26)24-10-18(14-28)22-6-4-5-21-8-17(13-27)23-9-15(11-25)19-2/h15-28H,3-14H2,1-2H3/t15-,16+,17+,18-/m1/s1. The van der Waals surface area contributed by atoms with E-state index in [0.717, 1.165) is 75.2 Å². The summed E-state index contributed by atoms with van der Waals surface area (Å²) in [6.07, 6.45) is 1.09. The number of likely N-dealkylation sites (N-methyl/N-ethyl adjacent to an activating group) is 2. The molecule has 0 aromatic rings. The summed E-state index contributed by atoms with van der Waals surface area (Å²) >= 11 is 17.7. The van der Waals surface area contributed by atoms with E-state index in [-0.39, 0.29) is 0 Å². The van der Waals surface area contributed by atoms with Crippen molar-refractivity contribution in [3.8, 4) is 0 Å². The van der Waals surface area contributed by atoms with Crippen molar-refractivity contribution in [1.82, 2.24) is 31.9 Å². The van der Waals surface area contributed by atoms with Gasteiger partial charge in [-0.15, -0.1) is 0 Å². The Balaban J connectivity index is 3.82. The Hall–Kier alpha value is 1.16. The van der Waals surface area contributed by atoms with Crippen LogP contribution in [0.25, 0.3) is 0 Å². The summed E-state index contributed by atoms with van der Waals surface area (Å²) in [6.45, 7) is 8.79. The van der Waals surface area contributed by atoms with Gasteiger partial charge in [0.2, 0.25) is 0 Å². The third kappa shape index (κ3) is 15.9. The molecule has 0 aromatic heterocycles. The summed E-state index contributed by atoms with van der Waals surface area (Å²) in [6, 6.07) is 1.53. The van der Waals surface area contributed by atoms with Crippen molar-refractivity contribution in [3.63, 3.8) is 0 Å². The Kier molecular flexibility index (Phi) is 22.3. The van der Waals surface area contributed by atoms with Gasteiger partial charge in [0.05, 0.1) is 0 Å². The van der Waals surface area contributed by atoms with Crippen LogP contribution < -0.4 is 31.9 Å². The molecule has 0 spiro atoms. The molecule has 0 amide bonds. The van der Waals surface area contributed by atoms with Crippen LogP contribution in [0.5, 0.6) is 0 Å². The second kappa shape index (κ2) is 21.4. The monoisotopic (exact) mass is 472 g/mol. The average Bonchev–Trinajstić information content (AvgIpc) is 2.73. The molecule has 0 unspecified atom stereocenters. The van der Waals surface area contributed by atoms with E-state index in [4.69, 9.17) is 0 Å². The Morgan fingerprint density at radius 2 is 1.11 bits per heavy atom. The summed E-state index contributed by atoms with van der Waals surface area (Å²) in [7, 11) is 1.97. The van der Waals surface area contributed by atoms with Crippen LogP contribution in [0.2, 0.25) is 0 Å². The molecule has 10 heteroatoms. The van der Waals surface area contributed by atoms with Gasteiger partial charge in [0.15, 0.2) is 0 Å². The summed E-state index contributed by atoms with van der Waals surface area (Å²) in [5.74, 6) is 3.30. The molecular formula is C18H44N6S4. The van der Waals surface area contributed by atoms with E-state index in [1.807, 2.05) is 7.05 Å². The summed E-state index contributed by atoms with van der Waals surface area (Å²) < 4.78 is 0. The zero-order valence-electron chi connectivity index (χ0n) is 17.6. The Labute approximate surface area is 195 Å². The first-order valence-electron chi connectivity index (χ1n) is 10.4. The van der Waals surface area contributed by atoms with Crippen molar-refractivity contribution in [2.24, 2.45) is 0 Å². The van der Waals surface area contributed by atoms with Crippen LogP contribution in [-0.2, 0) is 0 Å². The maximum atomic E-state index is 4.48. The molecule has 6 nitrogen and oxygen atoms in total. The fourth-order valence-electron chi connectivity index (χ4n) is 2.59. The van der Waals surface area contributed by atoms with Crippen molar-refractivity contribution in [2.45, 2.75) is 37.5 Å². The maximum absolute atomic E-state index is 4.48. The van der Waals surface area contributed by atoms with Crippen molar-refractivity contribution >= 4 is 50.5 Å². The van der Waals surface area contributed by atoms with E-state index < -0.39 is 0 Å². The highest BCUT2D eigenvalue weighted by Gasteiger charge is 2.11. The van der Waals surface area contributed by atoms with Crippen molar-refractivity contribution < 1.29 is 0 Å². The van der Waals surface area contributed by atoms with Crippen LogP contribution in [0.4, 0.5) is 0 Å². The first-order valence-corrected chi connectivity index (χ1v) is 12.9. The molecular weight excluding hydrogens is 429 g/mol. The average molecular weight is 473 g/mol. The van der Waals surface area contributed by atoms with Crippen molar-refractivity contribution in [1.29, 1.82) is 0 Å². The van der Waals surface area contributed by atoms with Gasteiger partial charge in [-0.3, -0.25) is 0 Å². The number of nitrogens with one attached hydrogen (secondary N) is 6. The van der Waals surface area contributed by atoms with E-state index in [1.54, 1.807) is 0 Å². The highest BCUT2D eigenvalue weighted by atomic mass is 32.1. The van der Waals surface area contributed by atoms with Crippen molar-refractivity contribution in [3.05, 3.63) is 0 Å². The fourth-order valence-corrected chi connectivity index (χ4v) is 3.68. The topological polar surface area (TPSA) is 72.2 Å². The van der Waals surface area contributed by atoms with Gasteiger partial charge in [0.25, 0.3) is 0 Å². The molecule has 0 radical (unpaired) electrons. The molecule has 28 heavy (non-hydrogen) atoms. The Bertz CT molecular complexity index is 326. The molecule has 0 rings (SSSR count). The van der Waals surface area contributed by atoms with Gasteiger partial charge in [0, 0.05) is 73.4 Å². The van der Waals surface area contributed by atoms with Gasteiger partial charge in [-0.2, -0.15) is 50.5 Å². The second-order valence-corrected chi connectivity index (χ2v) is 8.40. The summed E-state index contributed by atoms with van der Waals surface area (Å²) in [5, 5.41) is 20.8. The lowest BCUT2D eigenvalue weighted by Gasteiger charge is -2.23. The molecule has 0 aliphatic carbocycles.